The zero-order valence-electron chi connectivity index (χ0n) is 11.2. The van der Waals surface area contributed by atoms with E-state index in [0.717, 1.165) is 24.0 Å². The van der Waals surface area contributed by atoms with Gasteiger partial charge in [-0.3, -0.25) is 4.90 Å². The first-order valence-electron chi connectivity index (χ1n) is 7.19. The lowest BCUT2D eigenvalue weighted by molar-refractivity contribution is 0.170. The highest BCUT2D eigenvalue weighted by Crippen LogP contribution is 2.27. The van der Waals surface area contributed by atoms with Crippen LogP contribution in [0.5, 0.6) is 0 Å². The summed E-state index contributed by atoms with van der Waals surface area (Å²) in [6.07, 6.45) is 6.96. The Bertz CT molecular complexity index is 213. The monoisotopic (exact) mass is 224 g/mol. The summed E-state index contributed by atoms with van der Waals surface area (Å²) in [5, 5.41) is 3.65. The highest BCUT2D eigenvalue weighted by molar-refractivity contribution is 4.86. The summed E-state index contributed by atoms with van der Waals surface area (Å²) in [7, 11) is 0. The van der Waals surface area contributed by atoms with Crippen molar-refractivity contribution in [2.45, 2.75) is 71.0 Å². The third-order valence-electron chi connectivity index (χ3n) is 4.28. The highest BCUT2D eigenvalue weighted by atomic mass is 15.2. The zero-order chi connectivity index (χ0) is 11.5. The number of nitrogens with zero attached hydrogens (tertiary/aromatic N) is 1. The van der Waals surface area contributed by atoms with Gasteiger partial charge < -0.3 is 5.32 Å². The van der Waals surface area contributed by atoms with E-state index in [1.807, 2.05) is 0 Å². The topological polar surface area (TPSA) is 15.3 Å². The van der Waals surface area contributed by atoms with Crippen molar-refractivity contribution in [1.82, 2.24) is 10.2 Å². The van der Waals surface area contributed by atoms with Crippen molar-refractivity contribution in [3.05, 3.63) is 0 Å². The first-order chi connectivity index (χ1) is 7.70. The summed E-state index contributed by atoms with van der Waals surface area (Å²) in [5.74, 6) is 0.801. The van der Waals surface area contributed by atoms with Crippen LogP contribution in [0, 0.1) is 5.92 Å². The molecule has 16 heavy (non-hydrogen) atoms. The Morgan fingerprint density at radius 1 is 1.25 bits per heavy atom. The molecule has 1 saturated carbocycles. The van der Waals surface area contributed by atoms with E-state index in [0.29, 0.717) is 0 Å². The minimum Gasteiger partial charge on any atom is -0.314 e. The Balaban J connectivity index is 1.72. The summed E-state index contributed by atoms with van der Waals surface area (Å²) in [6, 6.07) is 2.53. The molecule has 2 rings (SSSR count). The SMILES string of the molecule is CCC1CCC(C)N1CC(C)CNC1CC1. The van der Waals surface area contributed by atoms with Crippen LogP contribution in [0.25, 0.3) is 0 Å². The predicted molar refractivity (Wildman–Crippen MR) is 69.7 cm³/mol. The van der Waals surface area contributed by atoms with Crippen LogP contribution >= 0.6 is 0 Å². The molecule has 1 aliphatic heterocycles. The van der Waals surface area contributed by atoms with Gasteiger partial charge in [-0.1, -0.05) is 13.8 Å². The Kier molecular flexibility index (Phi) is 4.26. The Morgan fingerprint density at radius 2 is 2.00 bits per heavy atom. The van der Waals surface area contributed by atoms with Crippen molar-refractivity contribution >= 4 is 0 Å². The van der Waals surface area contributed by atoms with Crippen molar-refractivity contribution in [2.75, 3.05) is 13.1 Å². The quantitative estimate of drug-likeness (QED) is 0.746. The molecule has 0 spiro atoms. The fraction of sp³-hybridized carbons (Fsp3) is 1.00. The minimum absolute atomic E-state index is 0.801. The van der Waals surface area contributed by atoms with Gasteiger partial charge in [0.05, 0.1) is 0 Å². The van der Waals surface area contributed by atoms with Crippen LogP contribution < -0.4 is 5.32 Å². The van der Waals surface area contributed by atoms with Crippen molar-refractivity contribution in [2.24, 2.45) is 5.92 Å². The maximum atomic E-state index is 3.65. The Labute approximate surface area is 101 Å². The second-order valence-electron chi connectivity index (χ2n) is 5.97. The van der Waals surface area contributed by atoms with Crippen molar-refractivity contribution in [3.63, 3.8) is 0 Å². The number of likely N-dealkylation sites (tertiary alicyclic amines) is 1. The minimum atomic E-state index is 0.801. The van der Waals surface area contributed by atoms with Crippen LogP contribution in [0.3, 0.4) is 0 Å². The van der Waals surface area contributed by atoms with Gasteiger partial charge in [0, 0.05) is 24.7 Å². The fourth-order valence-corrected chi connectivity index (χ4v) is 2.97. The van der Waals surface area contributed by atoms with E-state index >= 15 is 0 Å². The lowest BCUT2D eigenvalue weighted by Crippen LogP contribution is -2.40. The first-order valence-corrected chi connectivity index (χ1v) is 7.19. The van der Waals surface area contributed by atoms with Crippen molar-refractivity contribution in [1.29, 1.82) is 0 Å². The third-order valence-corrected chi connectivity index (χ3v) is 4.28. The molecule has 1 heterocycles. The van der Waals surface area contributed by atoms with Crippen molar-refractivity contribution < 1.29 is 0 Å². The second-order valence-corrected chi connectivity index (χ2v) is 5.97. The van der Waals surface area contributed by atoms with E-state index < -0.39 is 0 Å². The van der Waals surface area contributed by atoms with E-state index in [1.54, 1.807) is 0 Å². The molecule has 0 bridgehead atoms. The summed E-state index contributed by atoms with van der Waals surface area (Å²) >= 11 is 0. The molecule has 3 unspecified atom stereocenters. The van der Waals surface area contributed by atoms with Crippen LogP contribution in [0.4, 0.5) is 0 Å². The summed E-state index contributed by atoms with van der Waals surface area (Å²) in [6.45, 7) is 9.64. The van der Waals surface area contributed by atoms with Gasteiger partial charge in [0.15, 0.2) is 0 Å². The lowest BCUT2D eigenvalue weighted by Gasteiger charge is -2.30. The van der Waals surface area contributed by atoms with Gasteiger partial charge in [0.2, 0.25) is 0 Å². The first kappa shape index (κ1) is 12.4. The van der Waals surface area contributed by atoms with Crippen molar-refractivity contribution in [3.8, 4) is 0 Å². The molecule has 2 fully saturated rings. The molecule has 0 amide bonds. The number of hydrogen-bond acceptors (Lipinski definition) is 2. The average molecular weight is 224 g/mol. The largest absolute Gasteiger partial charge is 0.314 e. The normalized spacial score (nSPS) is 33.2. The summed E-state index contributed by atoms with van der Waals surface area (Å²) in [5.41, 5.74) is 0. The van der Waals surface area contributed by atoms with Gasteiger partial charge in [0.25, 0.3) is 0 Å². The number of nitrogens with one attached hydrogen (secondary N) is 1. The number of rotatable bonds is 6. The zero-order valence-corrected chi connectivity index (χ0v) is 11.2. The van der Waals surface area contributed by atoms with E-state index in [4.69, 9.17) is 0 Å². The maximum absolute atomic E-state index is 3.65. The fourth-order valence-electron chi connectivity index (χ4n) is 2.97. The summed E-state index contributed by atoms with van der Waals surface area (Å²) < 4.78 is 0. The van der Waals surface area contributed by atoms with E-state index in [-0.39, 0.29) is 0 Å². The smallest absolute Gasteiger partial charge is 0.00961 e. The molecule has 1 aliphatic carbocycles. The van der Waals surface area contributed by atoms with Gasteiger partial charge in [-0.2, -0.15) is 0 Å². The Morgan fingerprint density at radius 3 is 2.62 bits per heavy atom. The molecular weight excluding hydrogens is 196 g/mol. The van der Waals surface area contributed by atoms with Crippen LogP contribution in [-0.2, 0) is 0 Å². The molecule has 0 aromatic rings. The van der Waals surface area contributed by atoms with Gasteiger partial charge in [0.1, 0.15) is 0 Å². The van der Waals surface area contributed by atoms with Gasteiger partial charge in [-0.25, -0.2) is 0 Å². The molecule has 1 N–H and O–H groups in total. The predicted octanol–water partition coefficient (Wildman–Crippen LogP) is 2.64. The standard InChI is InChI=1S/C14H28N2/c1-4-14-8-5-12(3)16(14)10-11(2)9-15-13-6-7-13/h11-15H,4-10H2,1-3H3. The van der Waals surface area contributed by atoms with E-state index in [9.17, 15) is 0 Å². The average Bonchev–Trinajstić information content (AvgIpc) is 3.03. The molecule has 2 aliphatic rings. The molecule has 2 heteroatoms. The Hall–Kier alpha value is -0.0800. The highest BCUT2D eigenvalue weighted by Gasteiger charge is 2.30. The van der Waals surface area contributed by atoms with E-state index in [2.05, 4.69) is 31.0 Å². The maximum Gasteiger partial charge on any atom is 0.00961 e. The molecule has 3 atom stereocenters. The van der Waals surface area contributed by atoms with E-state index in [1.165, 1.54) is 45.2 Å². The molecule has 0 aromatic carbocycles. The number of hydrogen-bond donors (Lipinski definition) is 1. The van der Waals surface area contributed by atoms with Gasteiger partial charge >= 0.3 is 0 Å². The molecule has 94 valence electrons. The summed E-state index contributed by atoms with van der Waals surface area (Å²) in [4.78, 5) is 2.75. The van der Waals surface area contributed by atoms with Gasteiger partial charge in [-0.05, 0) is 51.5 Å². The van der Waals surface area contributed by atoms with Crippen LogP contribution in [0.2, 0.25) is 0 Å². The van der Waals surface area contributed by atoms with Crippen LogP contribution in [0.15, 0.2) is 0 Å². The third kappa shape index (κ3) is 3.21. The van der Waals surface area contributed by atoms with Crippen LogP contribution in [0.1, 0.15) is 52.9 Å². The molecule has 0 aromatic heterocycles. The molecule has 1 saturated heterocycles. The van der Waals surface area contributed by atoms with Crippen LogP contribution in [-0.4, -0.2) is 36.1 Å². The molecular formula is C14H28N2. The van der Waals surface area contributed by atoms with Gasteiger partial charge in [-0.15, -0.1) is 0 Å². The second kappa shape index (κ2) is 5.50. The lowest BCUT2D eigenvalue weighted by atomic mass is 10.1. The molecule has 2 nitrogen and oxygen atoms in total. The molecule has 0 radical (unpaired) electrons.